The Morgan fingerprint density at radius 2 is 2.24 bits per heavy atom. The summed E-state index contributed by atoms with van der Waals surface area (Å²) in [5, 5.41) is 3.15. The molecule has 2 heterocycles. The van der Waals surface area contributed by atoms with Gasteiger partial charge in [-0.05, 0) is 44.4 Å². The number of nitrogens with zero attached hydrogens (tertiary/aromatic N) is 2. The summed E-state index contributed by atoms with van der Waals surface area (Å²) >= 11 is 0. The number of pyridine rings is 1. The molecule has 1 unspecified atom stereocenters. The van der Waals surface area contributed by atoms with Crippen LogP contribution in [-0.2, 0) is 6.54 Å². The van der Waals surface area contributed by atoms with Crippen molar-refractivity contribution in [3.05, 3.63) is 23.9 Å². The van der Waals surface area contributed by atoms with Crippen molar-refractivity contribution in [2.45, 2.75) is 32.7 Å². The minimum absolute atomic E-state index is 0.845. The highest BCUT2D eigenvalue weighted by Crippen LogP contribution is 2.20. The molecule has 1 aromatic rings. The molecule has 1 aliphatic heterocycles. The number of hydrogen-bond acceptors (Lipinski definition) is 3. The van der Waals surface area contributed by atoms with Gasteiger partial charge in [-0.15, -0.1) is 0 Å². The third kappa shape index (κ3) is 3.43. The van der Waals surface area contributed by atoms with Crippen molar-refractivity contribution >= 4 is 5.82 Å². The summed E-state index contributed by atoms with van der Waals surface area (Å²) in [6.45, 7) is 5.50. The number of aromatic nitrogens is 1. The zero-order valence-electron chi connectivity index (χ0n) is 10.9. The van der Waals surface area contributed by atoms with Crippen LogP contribution in [0.25, 0.3) is 0 Å². The molecule has 17 heavy (non-hydrogen) atoms. The quantitative estimate of drug-likeness (QED) is 0.869. The highest BCUT2D eigenvalue weighted by atomic mass is 15.2. The Morgan fingerprint density at radius 3 is 3.06 bits per heavy atom. The second-order valence-corrected chi connectivity index (χ2v) is 5.04. The largest absolute Gasteiger partial charge is 0.357 e. The molecule has 0 aromatic carbocycles. The molecule has 0 aliphatic carbocycles. The number of hydrogen-bond donors (Lipinski definition) is 1. The summed E-state index contributed by atoms with van der Waals surface area (Å²) in [6, 6.07) is 6.33. The van der Waals surface area contributed by atoms with Gasteiger partial charge in [-0.1, -0.05) is 13.0 Å². The van der Waals surface area contributed by atoms with Crippen LogP contribution in [-0.4, -0.2) is 25.1 Å². The summed E-state index contributed by atoms with van der Waals surface area (Å²) in [7, 11) is 1.96. The van der Waals surface area contributed by atoms with Gasteiger partial charge in [-0.2, -0.15) is 0 Å². The van der Waals surface area contributed by atoms with Gasteiger partial charge in [0.05, 0.1) is 5.69 Å². The average molecular weight is 233 g/mol. The van der Waals surface area contributed by atoms with E-state index < -0.39 is 0 Å². The molecule has 0 saturated carbocycles. The molecule has 0 radical (unpaired) electrons. The lowest BCUT2D eigenvalue weighted by molar-refractivity contribution is 0.521. The number of rotatable bonds is 3. The molecule has 3 heteroatoms. The van der Waals surface area contributed by atoms with Crippen molar-refractivity contribution in [1.82, 2.24) is 10.3 Å². The molecule has 3 nitrogen and oxygen atoms in total. The van der Waals surface area contributed by atoms with Crippen LogP contribution in [0.5, 0.6) is 0 Å². The summed E-state index contributed by atoms with van der Waals surface area (Å²) in [6.07, 6.45) is 3.93. The van der Waals surface area contributed by atoms with Gasteiger partial charge in [0.15, 0.2) is 0 Å². The maximum atomic E-state index is 4.72. The fraction of sp³-hybridized carbons (Fsp3) is 0.643. The van der Waals surface area contributed by atoms with E-state index in [-0.39, 0.29) is 0 Å². The smallest absolute Gasteiger partial charge is 0.128 e. The van der Waals surface area contributed by atoms with Crippen LogP contribution in [0, 0.1) is 5.92 Å². The van der Waals surface area contributed by atoms with Crippen molar-refractivity contribution in [2.75, 3.05) is 25.0 Å². The summed E-state index contributed by atoms with van der Waals surface area (Å²) in [5.41, 5.74) is 1.13. The van der Waals surface area contributed by atoms with E-state index in [1.165, 1.54) is 19.3 Å². The lowest BCUT2D eigenvalue weighted by Crippen LogP contribution is -2.25. The van der Waals surface area contributed by atoms with Gasteiger partial charge in [0, 0.05) is 19.6 Å². The number of anilines is 1. The molecule has 0 amide bonds. The maximum Gasteiger partial charge on any atom is 0.128 e. The lowest BCUT2D eigenvalue weighted by atomic mass is 10.0. The van der Waals surface area contributed by atoms with Crippen LogP contribution in [0.15, 0.2) is 18.2 Å². The maximum absolute atomic E-state index is 4.72. The predicted octanol–water partition coefficient (Wildman–Crippen LogP) is 2.43. The second-order valence-electron chi connectivity index (χ2n) is 5.04. The molecule has 1 N–H and O–H groups in total. The molecule has 1 aliphatic rings. The molecular weight excluding hydrogens is 210 g/mol. The van der Waals surface area contributed by atoms with Crippen LogP contribution in [0.3, 0.4) is 0 Å². The van der Waals surface area contributed by atoms with E-state index >= 15 is 0 Å². The third-order valence-corrected chi connectivity index (χ3v) is 3.49. The van der Waals surface area contributed by atoms with Crippen molar-refractivity contribution in [2.24, 2.45) is 5.92 Å². The Balaban J connectivity index is 2.07. The van der Waals surface area contributed by atoms with Crippen molar-refractivity contribution < 1.29 is 0 Å². The number of nitrogens with one attached hydrogen (secondary N) is 1. The van der Waals surface area contributed by atoms with Gasteiger partial charge >= 0.3 is 0 Å². The molecule has 0 spiro atoms. The monoisotopic (exact) mass is 233 g/mol. The Morgan fingerprint density at radius 1 is 1.35 bits per heavy atom. The van der Waals surface area contributed by atoms with Crippen LogP contribution in [0.4, 0.5) is 5.82 Å². The molecular formula is C14H23N3. The second kappa shape index (κ2) is 6.01. The zero-order valence-corrected chi connectivity index (χ0v) is 10.9. The molecule has 1 atom stereocenters. The topological polar surface area (TPSA) is 28.2 Å². The molecule has 1 aromatic heterocycles. The first-order chi connectivity index (χ1) is 8.29. The first-order valence-corrected chi connectivity index (χ1v) is 6.65. The summed E-state index contributed by atoms with van der Waals surface area (Å²) < 4.78 is 0. The predicted molar refractivity (Wildman–Crippen MR) is 72.2 cm³/mol. The Kier molecular flexibility index (Phi) is 4.37. The zero-order chi connectivity index (χ0) is 12.1. The minimum atomic E-state index is 0.845. The normalized spacial score (nSPS) is 21.3. The lowest BCUT2D eigenvalue weighted by Gasteiger charge is -2.22. The fourth-order valence-corrected chi connectivity index (χ4v) is 2.41. The summed E-state index contributed by atoms with van der Waals surface area (Å²) in [5.74, 6) is 2.01. The van der Waals surface area contributed by atoms with Crippen LogP contribution < -0.4 is 10.2 Å². The van der Waals surface area contributed by atoms with E-state index in [1.807, 2.05) is 7.05 Å². The highest BCUT2D eigenvalue weighted by molar-refractivity contribution is 5.39. The first-order valence-electron chi connectivity index (χ1n) is 6.65. The van der Waals surface area contributed by atoms with Crippen LogP contribution >= 0.6 is 0 Å². The third-order valence-electron chi connectivity index (χ3n) is 3.49. The fourth-order valence-electron chi connectivity index (χ4n) is 2.41. The van der Waals surface area contributed by atoms with Gasteiger partial charge in [0.2, 0.25) is 0 Å². The van der Waals surface area contributed by atoms with Gasteiger partial charge in [0.25, 0.3) is 0 Å². The van der Waals surface area contributed by atoms with Crippen LogP contribution in [0.1, 0.15) is 31.9 Å². The van der Waals surface area contributed by atoms with Crippen molar-refractivity contribution in [3.8, 4) is 0 Å². The van der Waals surface area contributed by atoms with E-state index in [0.29, 0.717) is 0 Å². The van der Waals surface area contributed by atoms with Crippen molar-refractivity contribution in [1.29, 1.82) is 0 Å². The first kappa shape index (κ1) is 12.4. The van der Waals surface area contributed by atoms with Gasteiger partial charge in [0.1, 0.15) is 5.82 Å². The molecule has 1 saturated heterocycles. The SMILES string of the molecule is CNCc1cccc(N2CCCC(C)CC2)n1. The van der Waals surface area contributed by atoms with Gasteiger partial charge in [-0.25, -0.2) is 4.98 Å². The molecule has 2 rings (SSSR count). The molecule has 0 bridgehead atoms. The summed E-state index contributed by atoms with van der Waals surface area (Å²) in [4.78, 5) is 7.15. The highest BCUT2D eigenvalue weighted by Gasteiger charge is 2.14. The molecule has 94 valence electrons. The van der Waals surface area contributed by atoms with Crippen molar-refractivity contribution in [3.63, 3.8) is 0 Å². The minimum Gasteiger partial charge on any atom is -0.357 e. The van der Waals surface area contributed by atoms with E-state index in [4.69, 9.17) is 4.98 Å². The Labute approximate surface area is 104 Å². The van der Waals surface area contributed by atoms with E-state index in [1.54, 1.807) is 0 Å². The van der Waals surface area contributed by atoms with E-state index in [0.717, 1.165) is 37.1 Å². The Hall–Kier alpha value is -1.09. The molecule has 1 fully saturated rings. The van der Waals surface area contributed by atoms with Gasteiger partial charge in [-0.3, -0.25) is 0 Å². The average Bonchev–Trinajstić information content (AvgIpc) is 2.55. The van der Waals surface area contributed by atoms with Crippen LogP contribution in [0.2, 0.25) is 0 Å². The van der Waals surface area contributed by atoms with Gasteiger partial charge < -0.3 is 10.2 Å². The van der Waals surface area contributed by atoms with E-state index in [9.17, 15) is 0 Å². The van der Waals surface area contributed by atoms with E-state index in [2.05, 4.69) is 35.3 Å². The standard InChI is InChI=1S/C14H23N3/c1-12-5-4-9-17(10-8-12)14-7-3-6-13(16-14)11-15-2/h3,6-7,12,15H,4-5,8-11H2,1-2H3. The Bertz CT molecular complexity index is 351.